The van der Waals surface area contributed by atoms with E-state index < -0.39 is 10.0 Å². The van der Waals surface area contributed by atoms with E-state index in [-0.39, 0.29) is 5.91 Å². The van der Waals surface area contributed by atoms with Crippen molar-refractivity contribution in [3.8, 4) is 0 Å². The number of nitrogens with one attached hydrogen (secondary N) is 1. The molecule has 8 heteroatoms. The lowest BCUT2D eigenvalue weighted by Gasteiger charge is -2.32. The number of nitrogens with zero attached hydrogens (tertiary/aromatic N) is 3. The highest BCUT2D eigenvalue weighted by Gasteiger charge is 2.35. The summed E-state index contributed by atoms with van der Waals surface area (Å²) in [6.07, 6.45) is 2.32. The quantitative estimate of drug-likeness (QED) is 0.825. The van der Waals surface area contributed by atoms with Crippen LogP contribution < -0.4 is 10.2 Å². The Morgan fingerprint density at radius 2 is 1.73 bits per heavy atom. The molecule has 0 aliphatic carbocycles. The minimum Gasteiger partial charge on any atom is -0.314 e. The van der Waals surface area contributed by atoms with E-state index in [1.54, 1.807) is 33.5 Å². The maximum absolute atomic E-state index is 13.0. The highest BCUT2D eigenvalue weighted by molar-refractivity contribution is 7.89. The molecule has 3 aliphatic rings. The average Bonchev–Trinajstić information content (AvgIpc) is 3.32. The molecule has 0 saturated carbocycles. The number of hydrogen-bond acceptors (Lipinski definition) is 5. The van der Waals surface area contributed by atoms with Gasteiger partial charge in [-0.2, -0.15) is 4.31 Å². The second-order valence-corrected chi connectivity index (χ2v) is 9.17. The highest BCUT2D eigenvalue weighted by atomic mass is 32.2. The smallest absolute Gasteiger partial charge is 0.243 e. The van der Waals surface area contributed by atoms with Gasteiger partial charge in [0.2, 0.25) is 15.9 Å². The maximum atomic E-state index is 13.0. The third-order valence-electron chi connectivity index (χ3n) is 5.65. The Kier molecular flexibility index (Phi) is 5.00. The maximum Gasteiger partial charge on any atom is 0.243 e. The van der Waals surface area contributed by atoms with Crippen molar-refractivity contribution in [2.75, 3.05) is 50.7 Å². The first-order valence-corrected chi connectivity index (χ1v) is 10.8. The molecule has 1 unspecified atom stereocenters. The minimum atomic E-state index is -3.48. The van der Waals surface area contributed by atoms with Crippen LogP contribution >= 0.6 is 0 Å². The summed E-state index contributed by atoms with van der Waals surface area (Å²) in [5.74, 6) is 0.110. The summed E-state index contributed by atoms with van der Waals surface area (Å²) >= 11 is 0. The van der Waals surface area contributed by atoms with E-state index in [9.17, 15) is 13.2 Å². The van der Waals surface area contributed by atoms with Crippen LogP contribution in [0.5, 0.6) is 0 Å². The first kappa shape index (κ1) is 17.9. The molecule has 1 aromatic carbocycles. The molecule has 3 fully saturated rings. The second kappa shape index (κ2) is 7.26. The first-order valence-electron chi connectivity index (χ1n) is 9.41. The van der Waals surface area contributed by atoms with Gasteiger partial charge in [-0.1, -0.05) is 0 Å². The van der Waals surface area contributed by atoms with Crippen molar-refractivity contribution in [2.45, 2.75) is 30.2 Å². The van der Waals surface area contributed by atoms with Gasteiger partial charge in [-0.15, -0.1) is 0 Å². The Labute approximate surface area is 155 Å². The van der Waals surface area contributed by atoms with E-state index in [4.69, 9.17) is 0 Å². The summed E-state index contributed by atoms with van der Waals surface area (Å²) in [5.41, 5.74) is 0.784. The zero-order valence-corrected chi connectivity index (χ0v) is 15.7. The number of hydrogen-bond donors (Lipinski definition) is 1. The van der Waals surface area contributed by atoms with Crippen molar-refractivity contribution in [3.63, 3.8) is 0 Å². The predicted molar refractivity (Wildman–Crippen MR) is 99.6 cm³/mol. The molecule has 3 heterocycles. The third kappa shape index (κ3) is 3.38. The van der Waals surface area contributed by atoms with Crippen molar-refractivity contribution in [2.24, 2.45) is 0 Å². The highest BCUT2D eigenvalue weighted by Crippen LogP contribution is 2.27. The molecular formula is C18H26N4O3S. The lowest BCUT2D eigenvalue weighted by atomic mass is 10.2. The Bertz CT molecular complexity index is 759. The monoisotopic (exact) mass is 378 g/mol. The van der Waals surface area contributed by atoms with Gasteiger partial charge in [0.05, 0.1) is 4.90 Å². The molecule has 3 aliphatic heterocycles. The fraction of sp³-hybridized carbons (Fsp3) is 0.611. The van der Waals surface area contributed by atoms with Crippen molar-refractivity contribution in [3.05, 3.63) is 24.3 Å². The summed E-state index contributed by atoms with van der Waals surface area (Å²) in [6.45, 7) is 5.76. The molecule has 142 valence electrons. The molecular weight excluding hydrogens is 352 g/mol. The molecule has 3 saturated heterocycles. The molecule has 1 amide bonds. The Hall–Kier alpha value is -1.48. The fourth-order valence-electron chi connectivity index (χ4n) is 4.14. The zero-order chi connectivity index (χ0) is 18.1. The largest absolute Gasteiger partial charge is 0.314 e. The van der Waals surface area contributed by atoms with Crippen LogP contribution in [0.1, 0.15) is 19.3 Å². The van der Waals surface area contributed by atoms with Crippen molar-refractivity contribution < 1.29 is 13.2 Å². The standard InChI is InChI=1S/C18H26N4O3S/c23-18-2-1-10-22(18)15-3-5-17(6-4-15)26(24,25)21-11-7-16(14-21)20-12-8-19-9-13-20/h3-6,16,19H,1-2,7-14H2. The minimum absolute atomic E-state index is 0.110. The third-order valence-corrected chi connectivity index (χ3v) is 7.53. The number of benzene rings is 1. The summed E-state index contributed by atoms with van der Waals surface area (Å²) < 4.78 is 27.6. The van der Waals surface area contributed by atoms with E-state index in [2.05, 4.69) is 10.2 Å². The topological polar surface area (TPSA) is 73.0 Å². The van der Waals surface area contributed by atoms with Crippen LogP contribution in [0, 0.1) is 0 Å². The molecule has 7 nitrogen and oxygen atoms in total. The summed E-state index contributed by atoms with van der Waals surface area (Å²) in [7, 11) is -3.48. The Morgan fingerprint density at radius 1 is 1.00 bits per heavy atom. The van der Waals surface area contributed by atoms with Gasteiger partial charge in [-0.3, -0.25) is 9.69 Å². The Morgan fingerprint density at radius 3 is 2.38 bits per heavy atom. The molecule has 4 rings (SSSR count). The Balaban J connectivity index is 1.45. The molecule has 0 spiro atoms. The lowest BCUT2D eigenvalue weighted by Crippen LogP contribution is -2.49. The zero-order valence-electron chi connectivity index (χ0n) is 14.9. The van der Waals surface area contributed by atoms with Crippen LogP contribution in [0.3, 0.4) is 0 Å². The van der Waals surface area contributed by atoms with E-state index >= 15 is 0 Å². The van der Waals surface area contributed by atoms with Gasteiger partial charge in [0.15, 0.2) is 0 Å². The number of rotatable bonds is 4. The van der Waals surface area contributed by atoms with Gasteiger partial charge in [-0.05, 0) is 37.1 Å². The van der Waals surface area contributed by atoms with Crippen LogP contribution in [0.2, 0.25) is 0 Å². The molecule has 0 aromatic heterocycles. The van der Waals surface area contributed by atoms with E-state index in [1.165, 1.54) is 0 Å². The molecule has 1 atom stereocenters. The molecule has 0 radical (unpaired) electrons. The number of piperazine rings is 1. The van der Waals surface area contributed by atoms with Crippen molar-refractivity contribution in [1.29, 1.82) is 0 Å². The van der Waals surface area contributed by atoms with Crippen LogP contribution in [-0.4, -0.2) is 75.4 Å². The van der Waals surface area contributed by atoms with E-state index in [1.807, 2.05) is 0 Å². The number of sulfonamides is 1. The summed E-state index contributed by atoms with van der Waals surface area (Å²) in [6, 6.07) is 7.08. The van der Waals surface area contributed by atoms with Gasteiger partial charge >= 0.3 is 0 Å². The van der Waals surface area contributed by atoms with Gasteiger partial charge in [0.1, 0.15) is 0 Å². The number of carbonyl (C=O) groups is 1. The van der Waals surface area contributed by atoms with Crippen molar-refractivity contribution in [1.82, 2.24) is 14.5 Å². The molecule has 1 aromatic rings. The van der Waals surface area contributed by atoms with Crippen LogP contribution in [0.25, 0.3) is 0 Å². The lowest BCUT2D eigenvalue weighted by molar-refractivity contribution is -0.117. The number of amides is 1. The normalized spacial score (nSPS) is 25.9. The SMILES string of the molecule is O=C1CCCN1c1ccc(S(=O)(=O)N2CCC(N3CCNCC3)C2)cc1. The molecule has 1 N–H and O–H groups in total. The van der Waals surface area contributed by atoms with Gasteiger partial charge in [0, 0.05) is 64.0 Å². The summed E-state index contributed by atoms with van der Waals surface area (Å²) in [4.78, 5) is 16.3. The first-order chi connectivity index (χ1) is 12.6. The number of anilines is 1. The predicted octanol–water partition coefficient (Wildman–Crippen LogP) is 0.482. The molecule has 26 heavy (non-hydrogen) atoms. The van der Waals surface area contributed by atoms with Crippen LogP contribution in [-0.2, 0) is 14.8 Å². The van der Waals surface area contributed by atoms with Gasteiger partial charge in [0.25, 0.3) is 0 Å². The van der Waals surface area contributed by atoms with Crippen LogP contribution in [0.15, 0.2) is 29.2 Å². The van der Waals surface area contributed by atoms with Crippen molar-refractivity contribution >= 4 is 21.6 Å². The van der Waals surface area contributed by atoms with Gasteiger partial charge < -0.3 is 10.2 Å². The van der Waals surface area contributed by atoms with Crippen LogP contribution in [0.4, 0.5) is 5.69 Å². The summed E-state index contributed by atoms with van der Waals surface area (Å²) in [5, 5.41) is 3.34. The fourth-order valence-corrected chi connectivity index (χ4v) is 5.63. The van der Waals surface area contributed by atoms with E-state index in [0.717, 1.165) is 44.7 Å². The molecule has 0 bridgehead atoms. The van der Waals surface area contributed by atoms with E-state index in [0.29, 0.717) is 37.0 Å². The van der Waals surface area contributed by atoms with Gasteiger partial charge in [-0.25, -0.2) is 8.42 Å². The average molecular weight is 378 g/mol. The number of carbonyl (C=O) groups excluding carboxylic acids is 1. The second-order valence-electron chi connectivity index (χ2n) is 7.23.